The number of hydrogen-bond acceptors (Lipinski definition) is 3. The molecule has 0 amide bonds. The number of thiophene rings is 1. The first-order valence-corrected chi connectivity index (χ1v) is 5.87. The van der Waals surface area contributed by atoms with Crippen molar-refractivity contribution >= 4 is 17.1 Å². The molecule has 0 N–H and O–H groups in total. The van der Waals surface area contributed by atoms with Crippen molar-refractivity contribution in [3.63, 3.8) is 0 Å². The zero-order valence-corrected chi connectivity index (χ0v) is 9.10. The molecule has 1 aromatic rings. The molecule has 3 heteroatoms. The Morgan fingerprint density at radius 2 is 2.43 bits per heavy atom. The molecule has 2 heterocycles. The largest absolute Gasteiger partial charge is 0.370 e. The van der Waals surface area contributed by atoms with Gasteiger partial charge in [0.2, 0.25) is 0 Å². The lowest BCUT2D eigenvalue weighted by Crippen LogP contribution is -2.28. The Kier molecular flexibility index (Phi) is 2.99. The van der Waals surface area contributed by atoms with Crippen molar-refractivity contribution in [2.24, 2.45) is 0 Å². The molecule has 1 saturated heterocycles. The van der Waals surface area contributed by atoms with Crippen molar-refractivity contribution in [1.29, 1.82) is 0 Å². The van der Waals surface area contributed by atoms with E-state index in [1.807, 2.05) is 18.4 Å². The molecule has 0 saturated carbocycles. The summed E-state index contributed by atoms with van der Waals surface area (Å²) in [5.41, 5.74) is 0.849. The van der Waals surface area contributed by atoms with Gasteiger partial charge in [0.25, 0.3) is 0 Å². The Morgan fingerprint density at radius 3 is 3.00 bits per heavy atom. The number of ketones is 1. The topological polar surface area (TPSA) is 26.3 Å². The van der Waals surface area contributed by atoms with Gasteiger partial charge in [-0.25, -0.2) is 0 Å². The molecule has 14 heavy (non-hydrogen) atoms. The molecule has 2 nitrogen and oxygen atoms in total. The number of ether oxygens (including phenoxy) is 1. The third-order valence-corrected chi connectivity index (χ3v) is 3.44. The van der Waals surface area contributed by atoms with E-state index in [0.717, 1.165) is 36.3 Å². The Bertz CT molecular complexity index is 324. The van der Waals surface area contributed by atoms with Crippen molar-refractivity contribution in [1.82, 2.24) is 0 Å². The van der Waals surface area contributed by atoms with Crippen molar-refractivity contribution in [2.45, 2.75) is 32.3 Å². The summed E-state index contributed by atoms with van der Waals surface area (Å²) in [6.07, 6.45) is 2.90. The summed E-state index contributed by atoms with van der Waals surface area (Å²) in [5, 5.41) is 1.96. The minimum Gasteiger partial charge on any atom is -0.370 e. The molecule has 1 aliphatic rings. The molecule has 0 bridgehead atoms. The SMILES string of the molecule is Cc1sccc1C(=O)C1CCCCO1. The normalized spacial score (nSPS) is 22.2. The van der Waals surface area contributed by atoms with E-state index < -0.39 is 0 Å². The third kappa shape index (κ3) is 1.88. The first-order chi connectivity index (χ1) is 6.79. The number of aryl methyl sites for hydroxylation is 1. The maximum Gasteiger partial charge on any atom is 0.192 e. The van der Waals surface area contributed by atoms with E-state index in [9.17, 15) is 4.79 Å². The minimum atomic E-state index is -0.183. The van der Waals surface area contributed by atoms with Crippen molar-refractivity contribution in [3.05, 3.63) is 21.9 Å². The summed E-state index contributed by atoms with van der Waals surface area (Å²) in [6, 6.07) is 1.90. The lowest BCUT2D eigenvalue weighted by Gasteiger charge is -2.21. The predicted molar refractivity (Wildman–Crippen MR) is 57.0 cm³/mol. The highest BCUT2D eigenvalue weighted by Gasteiger charge is 2.24. The van der Waals surface area contributed by atoms with E-state index in [2.05, 4.69) is 0 Å². The monoisotopic (exact) mass is 210 g/mol. The van der Waals surface area contributed by atoms with Gasteiger partial charge in [0.05, 0.1) is 0 Å². The van der Waals surface area contributed by atoms with Gasteiger partial charge in [0.15, 0.2) is 5.78 Å². The second-order valence-corrected chi connectivity index (χ2v) is 4.73. The third-order valence-electron chi connectivity index (χ3n) is 2.60. The van der Waals surface area contributed by atoms with Gasteiger partial charge in [-0.3, -0.25) is 4.79 Å². The van der Waals surface area contributed by atoms with E-state index in [4.69, 9.17) is 4.74 Å². The van der Waals surface area contributed by atoms with Crippen LogP contribution in [-0.4, -0.2) is 18.5 Å². The molecule has 1 aliphatic heterocycles. The van der Waals surface area contributed by atoms with Crippen LogP contribution in [0, 0.1) is 6.92 Å². The van der Waals surface area contributed by atoms with Gasteiger partial charge in [0.1, 0.15) is 6.10 Å². The fraction of sp³-hybridized carbons (Fsp3) is 0.545. The smallest absolute Gasteiger partial charge is 0.192 e. The van der Waals surface area contributed by atoms with E-state index in [-0.39, 0.29) is 11.9 Å². The molecule has 76 valence electrons. The van der Waals surface area contributed by atoms with E-state index in [1.54, 1.807) is 11.3 Å². The highest BCUT2D eigenvalue weighted by molar-refractivity contribution is 7.10. The molecule has 2 rings (SSSR count). The summed E-state index contributed by atoms with van der Waals surface area (Å²) < 4.78 is 5.47. The second-order valence-electron chi connectivity index (χ2n) is 3.61. The van der Waals surface area contributed by atoms with Crippen LogP contribution in [-0.2, 0) is 4.74 Å². The average molecular weight is 210 g/mol. The Balaban J connectivity index is 2.11. The molecule has 0 aliphatic carbocycles. The standard InChI is InChI=1S/C11H14O2S/c1-8-9(5-7-14-8)11(12)10-4-2-3-6-13-10/h5,7,10H,2-4,6H2,1H3. The van der Waals surface area contributed by atoms with Gasteiger partial charge in [-0.05, 0) is 37.6 Å². The van der Waals surface area contributed by atoms with Crippen LogP contribution < -0.4 is 0 Å². The van der Waals surface area contributed by atoms with Crippen LogP contribution in [0.5, 0.6) is 0 Å². The van der Waals surface area contributed by atoms with Crippen molar-refractivity contribution in [3.8, 4) is 0 Å². The van der Waals surface area contributed by atoms with Crippen molar-refractivity contribution < 1.29 is 9.53 Å². The van der Waals surface area contributed by atoms with Crippen LogP contribution >= 0.6 is 11.3 Å². The molecular weight excluding hydrogens is 196 g/mol. The van der Waals surface area contributed by atoms with Crippen LogP contribution in [0.4, 0.5) is 0 Å². The number of Topliss-reactive ketones (excluding diaryl/α,β-unsaturated/α-hetero) is 1. The van der Waals surface area contributed by atoms with Crippen LogP contribution in [0.25, 0.3) is 0 Å². The lowest BCUT2D eigenvalue weighted by atomic mass is 10.0. The minimum absolute atomic E-state index is 0.170. The Labute approximate surface area is 87.9 Å². The first-order valence-electron chi connectivity index (χ1n) is 4.99. The highest BCUT2D eigenvalue weighted by atomic mass is 32.1. The summed E-state index contributed by atoms with van der Waals surface area (Å²) in [6.45, 7) is 2.72. The molecule has 1 aromatic heterocycles. The number of carbonyl (C=O) groups is 1. The molecule has 1 atom stereocenters. The quantitative estimate of drug-likeness (QED) is 0.702. The molecular formula is C11H14O2S. The van der Waals surface area contributed by atoms with Crippen molar-refractivity contribution in [2.75, 3.05) is 6.61 Å². The van der Waals surface area contributed by atoms with Gasteiger partial charge in [-0.15, -0.1) is 11.3 Å². The molecule has 0 radical (unpaired) electrons. The number of carbonyl (C=O) groups excluding carboxylic acids is 1. The fourth-order valence-electron chi connectivity index (χ4n) is 1.76. The van der Waals surface area contributed by atoms with Gasteiger partial charge >= 0.3 is 0 Å². The van der Waals surface area contributed by atoms with Gasteiger partial charge in [-0.2, -0.15) is 0 Å². The van der Waals surface area contributed by atoms with Crippen LogP contribution in [0.1, 0.15) is 34.5 Å². The predicted octanol–water partition coefficient (Wildman–Crippen LogP) is 2.81. The summed E-state index contributed by atoms with van der Waals surface area (Å²) in [7, 11) is 0. The summed E-state index contributed by atoms with van der Waals surface area (Å²) >= 11 is 1.62. The maximum atomic E-state index is 12.0. The molecule has 0 aromatic carbocycles. The summed E-state index contributed by atoms with van der Waals surface area (Å²) in [5.74, 6) is 0.170. The highest BCUT2D eigenvalue weighted by Crippen LogP contribution is 2.22. The Hall–Kier alpha value is -0.670. The number of hydrogen-bond donors (Lipinski definition) is 0. The van der Waals surface area contributed by atoms with Gasteiger partial charge < -0.3 is 4.74 Å². The summed E-state index contributed by atoms with van der Waals surface area (Å²) in [4.78, 5) is 13.1. The fourth-order valence-corrected chi connectivity index (χ4v) is 2.47. The molecule has 1 fully saturated rings. The molecule has 0 spiro atoms. The van der Waals surface area contributed by atoms with Crippen LogP contribution in [0.15, 0.2) is 11.4 Å². The maximum absolute atomic E-state index is 12.0. The molecule has 1 unspecified atom stereocenters. The lowest BCUT2D eigenvalue weighted by molar-refractivity contribution is 0.0186. The first kappa shape index (κ1) is 9.87. The van der Waals surface area contributed by atoms with Gasteiger partial charge in [0, 0.05) is 17.0 Å². The average Bonchev–Trinajstić information content (AvgIpc) is 2.65. The van der Waals surface area contributed by atoms with Crippen LogP contribution in [0.3, 0.4) is 0 Å². The second kappa shape index (κ2) is 4.24. The van der Waals surface area contributed by atoms with E-state index >= 15 is 0 Å². The Morgan fingerprint density at radius 1 is 1.57 bits per heavy atom. The number of rotatable bonds is 2. The van der Waals surface area contributed by atoms with E-state index in [1.165, 1.54) is 0 Å². The zero-order chi connectivity index (χ0) is 9.97. The zero-order valence-electron chi connectivity index (χ0n) is 8.29. The van der Waals surface area contributed by atoms with Gasteiger partial charge in [-0.1, -0.05) is 0 Å². The van der Waals surface area contributed by atoms with Crippen LogP contribution in [0.2, 0.25) is 0 Å². The van der Waals surface area contributed by atoms with E-state index in [0.29, 0.717) is 0 Å².